The zero-order chi connectivity index (χ0) is 13.8. The van der Waals surface area contributed by atoms with Gasteiger partial charge in [-0.2, -0.15) is 0 Å². The molecular weight excluding hydrogens is 235 g/mol. The molecule has 5 heteroatoms. The van der Waals surface area contributed by atoms with E-state index in [0.29, 0.717) is 17.8 Å². The molecule has 1 aromatic carbocycles. The van der Waals surface area contributed by atoms with Crippen molar-refractivity contribution in [2.45, 2.75) is 32.9 Å². The minimum atomic E-state index is -0.503. The van der Waals surface area contributed by atoms with Gasteiger partial charge in [-0.1, -0.05) is 0 Å². The molecule has 0 aliphatic heterocycles. The number of rotatable bonds is 4. The summed E-state index contributed by atoms with van der Waals surface area (Å²) in [7, 11) is 0. The van der Waals surface area contributed by atoms with Gasteiger partial charge in [0.25, 0.3) is 0 Å². The molecule has 0 aromatic heterocycles. The van der Waals surface area contributed by atoms with Gasteiger partial charge in [0.05, 0.1) is 6.54 Å². The predicted octanol–water partition coefficient (Wildman–Crippen LogP) is 1.84. The Bertz CT molecular complexity index is 427. The van der Waals surface area contributed by atoms with Crippen LogP contribution < -0.4 is 11.1 Å². The predicted molar refractivity (Wildman–Crippen MR) is 68.4 cm³/mol. The maximum atomic E-state index is 13.0. The second kappa shape index (κ2) is 5.82. The zero-order valence-electron chi connectivity index (χ0n) is 10.9. The van der Waals surface area contributed by atoms with Gasteiger partial charge in [0.15, 0.2) is 0 Å². The van der Waals surface area contributed by atoms with Crippen molar-refractivity contribution < 1.29 is 13.9 Å². The van der Waals surface area contributed by atoms with Gasteiger partial charge < -0.3 is 15.8 Å². The highest BCUT2D eigenvalue weighted by Crippen LogP contribution is 2.13. The van der Waals surface area contributed by atoms with Crippen LogP contribution >= 0.6 is 0 Å². The number of nitrogens with one attached hydrogen (secondary N) is 1. The van der Waals surface area contributed by atoms with Crippen molar-refractivity contribution in [2.75, 3.05) is 12.3 Å². The topological polar surface area (TPSA) is 64.3 Å². The van der Waals surface area contributed by atoms with Gasteiger partial charge >= 0.3 is 5.97 Å². The largest absolute Gasteiger partial charge is 0.459 e. The number of benzene rings is 1. The summed E-state index contributed by atoms with van der Waals surface area (Å²) in [5.41, 5.74) is 6.30. The van der Waals surface area contributed by atoms with Crippen LogP contribution in [0, 0.1) is 5.82 Å². The fourth-order valence-corrected chi connectivity index (χ4v) is 1.40. The third kappa shape index (κ3) is 5.14. The van der Waals surface area contributed by atoms with Crippen LogP contribution in [0.1, 0.15) is 26.3 Å². The molecule has 0 aliphatic rings. The average Bonchev–Trinajstić information content (AvgIpc) is 2.20. The van der Waals surface area contributed by atoms with Crippen LogP contribution in [-0.2, 0) is 16.1 Å². The first-order chi connectivity index (χ1) is 8.28. The Balaban J connectivity index is 2.42. The molecule has 0 unspecified atom stereocenters. The minimum absolute atomic E-state index is 0.0627. The molecule has 0 spiro atoms. The number of ether oxygens (including phenoxy) is 1. The van der Waals surface area contributed by atoms with Gasteiger partial charge in [0, 0.05) is 12.2 Å². The minimum Gasteiger partial charge on any atom is -0.459 e. The van der Waals surface area contributed by atoms with Gasteiger partial charge in [-0.05, 0) is 44.5 Å². The lowest BCUT2D eigenvalue weighted by atomic mass is 10.2. The van der Waals surface area contributed by atoms with Crippen molar-refractivity contribution in [3.05, 3.63) is 29.6 Å². The Morgan fingerprint density at radius 1 is 1.44 bits per heavy atom. The lowest BCUT2D eigenvalue weighted by molar-refractivity contribution is -0.153. The number of nitrogen functional groups attached to an aromatic ring is 1. The summed E-state index contributed by atoms with van der Waals surface area (Å²) in [6.07, 6.45) is 0. The molecule has 0 aliphatic carbocycles. The summed E-state index contributed by atoms with van der Waals surface area (Å²) in [5, 5.41) is 2.87. The quantitative estimate of drug-likeness (QED) is 0.635. The van der Waals surface area contributed by atoms with Crippen LogP contribution in [0.25, 0.3) is 0 Å². The third-order valence-corrected chi connectivity index (χ3v) is 2.11. The van der Waals surface area contributed by atoms with Crippen LogP contribution in [0.2, 0.25) is 0 Å². The fourth-order valence-electron chi connectivity index (χ4n) is 1.40. The van der Waals surface area contributed by atoms with Crippen molar-refractivity contribution in [1.82, 2.24) is 5.32 Å². The molecule has 0 saturated heterocycles. The number of hydrogen-bond acceptors (Lipinski definition) is 4. The highest BCUT2D eigenvalue weighted by atomic mass is 19.1. The van der Waals surface area contributed by atoms with Crippen LogP contribution in [0.3, 0.4) is 0 Å². The number of esters is 1. The van der Waals surface area contributed by atoms with E-state index in [0.717, 1.165) is 0 Å². The Morgan fingerprint density at radius 3 is 2.72 bits per heavy atom. The molecule has 100 valence electrons. The van der Waals surface area contributed by atoms with E-state index in [4.69, 9.17) is 10.5 Å². The first-order valence-electron chi connectivity index (χ1n) is 5.74. The molecule has 0 heterocycles. The summed E-state index contributed by atoms with van der Waals surface area (Å²) >= 11 is 0. The summed E-state index contributed by atoms with van der Waals surface area (Å²) in [5.74, 6) is -0.698. The number of halogens is 1. The maximum absolute atomic E-state index is 13.0. The van der Waals surface area contributed by atoms with Crippen LogP contribution in [-0.4, -0.2) is 18.1 Å². The SMILES string of the molecule is CC(C)(C)OC(=O)CNCc1cc(F)ccc1N. The number of carbonyl (C=O) groups excluding carboxylic acids is 1. The first kappa shape index (κ1) is 14.4. The summed E-state index contributed by atoms with van der Waals surface area (Å²) in [6, 6.07) is 4.14. The normalized spacial score (nSPS) is 11.3. The second-order valence-corrected chi connectivity index (χ2v) is 5.03. The highest BCUT2D eigenvalue weighted by Gasteiger charge is 2.15. The van der Waals surface area contributed by atoms with Gasteiger partial charge in [-0.25, -0.2) is 4.39 Å². The van der Waals surface area contributed by atoms with Gasteiger partial charge in [-0.3, -0.25) is 4.79 Å². The number of nitrogens with two attached hydrogens (primary N) is 1. The average molecular weight is 254 g/mol. The van der Waals surface area contributed by atoms with E-state index in [1.54, 1.807) is 20.8 Å². The molecule has 3 N–H and O–H groups in total. The van der Waals surface area contributed by atoms with Crippen molar-refractivity contribution in [2.24, 2.45) is 0 Å². The Kier molecular flexibility index (Phi) is 4.67. The van der Waals surface area contributed by atoms with Gasteiger partial charge in [0.1, 0.15) is 11.4 Å². The molecule has 0 atom stereocenters. The molecule has 0 saturated carbocycles. The summed E-state index contributed by atoms with van der Waals surface area (Å²) in [4.78, 5) is 11.4. The fraction of sp³-hybridized carbons (Fsp3) is 0.462. The van der Waals surface area contributed by atoms with E-state index < -0.39 is 5.60 Å². The Labute approximate surface area is 106 Å². The van der Waals surface area contributed by atoms with Gasteiger partial charge in [-0.15, -0.1) is 0 Å². The Morgan fingerprint density at radius 2 is 2.11 bits per heavy atom. The molecule has 1 aromatic rings. The van der Waals surface area contributed by atoms with E-state index in [1.165, 1.54) is 18.2 Å². The lowest BCUT2D eigenvalue weighted by Gasteiger charge is -2.19. The molecule has 0 bridgehead atoms. The van der Waals surface area contributed by atoms with E-state index in [2.05, 4.69) is 5.32 Å². The van der Waals surface area contributed by atoms with E-state index in [9.17, 15) is 9.18 Å². The molecule has 0 fully saturated rings. The Hall–Kier alpha value is -1.62. The van der Waals surface area contributed by atoms with Crippen LogP contribution in [0.4, 0.5) is 10.1 Å². The molecule has 0 radical (unpaired) electrons. The van der Waals surface area contributed by atoms with Crippen molar-refractivity contribution in [3.8, 4) is 0 Å². The highest BCUT2D eigenvalue weighted by molar-refractivity contribution is 5.72. The number of anilines is 1. The van der Waals surface area contributed by atoms with E-state index >= 15 is 0 Å². The maximum Gasteiger partial charge on any atom is 0.320 e. The third-order valence-electron chi connectivity index (χ3n) is 2.11. The molecule has 18 heavy (non-hydrogen) atoms. The summed E-state index contributed by atoms with van der Waals surface area (Å²) < 4.78 is 18.1. The smallest absolute Gasteiger partial charge is 0.320 e. The zero-order valence-corrected chi connectivity index (χ0v) is 10.9. The first-order valence-corrected chi connectivity index (χ1v) is 5.74. The molecular formula is C13H19FN2O2. The second-order valence-electron chi connectivity index (χ2n) is 5.03. The van der Waals surface area contributed by atoms with Gasteiger partial charge in [0.2, 0.25) is 0 Å². The van der Waals surface area contributed by atoms with Crippen molar-refractivity contribution in [1.29, 1.82) is 0 Å². The summed E-state index contributed by atoms with van der Waals surface area (Å²) in [6.45, 7) is 5.79. The standard InChI is InChI=1S/C13H19FN2O2/c1-13(2,3)18-12(17)8-16-7-9-6-10(14)4-5-11(9)15/h4-6,16H,7-8,15H2,1-3H3. The van der Waals surface area contributed by atoms with Crippen molar-refractivity contribution in [3.63, 3.8) is 0 Å². The molecule has 0 amide bonds. The lowest BCUT2D eigenvalue weighted by Crippen LogP contribution is -2.31. The number of carbonyl (C=O) groups is 1. The van der Waals surface area contributed by atoms with E-state index in [-0.39, 0.29) is 18.3 Å². The monoisotopic (exact) mass is 254 g/mol. The van der Waals surface area contributed by atoms with Crippen LogP contribution in [0.15, 0.2) is 18.2 Å². The molecule has 4 nitrogen and oxygen atoms in total. The van der Waals surface area contributed by atoms with Crippen molar-refractivity contribution >= 4 is 11.7 Å². The number of hydrogen-bond donors (Lipinski definition) is 2. The van der Waals surface area contributed by atoms with E-state index in [1.807, 2.05) is 0 Å². The van der Waals surface area contributed by atoms with Crippen LogP contribution in [0.5, 0.6) is 0 Å². The molecule has 1 rings (SSSR count).